The third-order valence-electron chi connectivity index (χ3n) is 3.13. The molecule has 6 nitrogen and oxygen atoms in total. The zero-order chi connectivity index (χ0) is 22.1. The number of hydrogen-bond donors (Lipinski definition) is 2. The third kappa shape index (κ3) is 5.81. The van der Waals surface area contributed by atoms with Crippen molar-refractivity contribution in [2.24, 2.45) is 0 Å². The van der Waals surface area contributed by atoms with Crippen molar-refractivity contribution in [1.82, 2.24) is 19.9 Å². The van der Waals surface area contributed by atoms with Gasteiger partial charge in [0, 0.05) is 0 Å². The molecule has 27 heavy (non-hydrogen) atoms. The van der Waals surface area contributed by atoms with Gasteiger partial charge in [-0.25, -0.2) is 4.98 Å². The van der Waals surface area contributed by atoms with Crippen LogP contribution in [-0.4, -0.2) is 44.4 Å². The van der Waals surface area contributed by atoms with Crippen LogP contribution in [0.1, 0.15) is 16.6 Å². The first-order chi connectivity index (χ1) is 13.2. The molecule has 0 saturated heterocycles. The van der Waals surface area contributed by atoms with Crippen molar-refractivity contribution in [3.8, 4) is 11.5 Å². The lowest BCUT2D eigenvalue weighted by Crippen LogP contribution is -2.35. The Bertz CT molecular complexity index is 854. The average Bonchev–Trinajstić information content (AvgIpc) is 2.56. The second kappa shape index (κ2) is 7.71. The van der Waals surface area contributed by atoms with Crippen LogP contribution in [0, 0.1) is 0 Å². The number of aromatic nitrogens is 4. The molecule has 13 heteroatoms. The van der Waals surface area contributed by atoms with Gasteiger partial charge in [-0.05, 0) is 25.9 Å². The van der Waals surface area contributed by atoms with Gasteiger partial charge in [-0.2, -0.15) is 41.3 Å². The minimum absolute atomic E-state index is 0.303. The maximum atomic E-state index is 12.8. The number of hydrogen-bond acceptors (Lipinski definition) is 6. The van der Waals surface area contributed by atoms with Crippen LogP contribution in [-0.2, 0) is 0 Å². The Hall–Kier alpha value is -2.37. The van der Waals surface area contributed by atoms with Crippen LogP contribution in [0.3, 0.4) is 0 Å². The highest BCUT2D eigenvalue weighted by Gasteiger charge is 2.38. The van der Waals surface area contributed by atoms with E-state index >= 15 is 0 Å². The summed E-state index contributed by atoms with van der Waals surface area (Å²) in [6, 6.07) is -4.00. The van der Waals surface area contributed by atoms with Crippen LogP contribution in [0.15, 0.2) is 18.2 Å². The van der Waals surface area contributed by atoms with Crippen LogP contribution < -0.4 is 10.6 Å². The number of nitrogens with one attached hydrogen (secondary N) is 2. The van der Waals surface area contributed by atoms with E-state index in [1.54, 1.807) is 0 Å². The van der Waals surface area contributed by atoms with Gasteiger partial charge in [0.05, 0.1) is 2.74 Å². The van der Waals surface area contributed by atoms with E-state index in [0.717, 1.165) is 19.9 Å². The molecule has 0 radical (unpaired) electrons. The lowest BCUT2D eigenvalue weighted by molar-refractivity contribution is -0.139. The second-order valence-corrected chi connectivity index (χ2v) is 5.66. The SMILES string of the molecule is [2H]c1cc([2H])c(-c2nc(N[C@H](C)C(F)(F)F)nc(N[C@H](C)C(F)(F)F)n2)nc1Cl. The lowest BCUT2D eigenvalue weighted by atomic mass is 10.3. The molecule has 0 bridgehead atoms. The number of pyridine rings is 1. The van der Waals surface area contributed by atoms with Gasteiger partial charge in [0.1, 0.15) is 22.9 Å². The van der Waals surface area contributed by atoms with E-state index in [1.807, 2.05) is 10.6 Å². The smallest absolute Gasteiger partial charge is 0.343 e. The molecular formula is C14H13ClF6N6. The summed E-state index contributed by atoms with van der Waals surface area (Å²) in [5.41, 5.74) is -0.348. The number of halogens is 7. The minimum Gasteiger partial charge on any atom is -0.343 e. The van der Waals surface area contributed by atoms with E-state index < -0.39 is 48.2 Å². The van der Waals surface area contributed by atoms with E-state index in [-0.39, 0.29) is 16.9 Å². The van der Waals surface area contributed by atoms with E-state index in [9.17, 15) is 26.3 Å². The predicted molar refractivity (Wildman–Crippen MR) is 86.3 cm³/mol. The fourth-order valence-corrected chi connectivity index (χ4v) is 1.74. The maximum Gasteiger partial charge on any atom is 0.408 e. The van der Waals surface area contributed by atoms with E-state index in [0.29, 0.717) is 0 Å². The summed E-state index contributed by atoms with van der Waals surface area (Å²) in [5.74, 6) is -1.88. The first-order valence-electron chi connectivity index (χ1n) is 8.25. The Labute approximate surface area is 157 Å². The molecule has 148 valence electrons. The molecule has 0 spiro atoms. The van der Waals surface area contributed by atoms with Gasteiger partial charge in [0.15, 0.2) is 5.82 Å². The Morgan fingerprint density at radius 2 is 1.37 bits per heavy atom. The summed E-state index contributed by atoms with van der Waals surface area (Å²) in [6.07, 6.45) is -9.37. The van der Waals surface area contributed by atoms with Crippen molar-refractivity contribution in [1.29, 1.82) is 0 Å². The first-order valence-corrected chi connectivity index (χ1v) is 7.63. The van der Waals surface area contributed by atoms with E-state index in [1.165, 1.54) is 0 Å². The van der Waals surface area contributed by atoms with Crippen molar-refractivity contribution < 1.29 is 29.1 Å². The highest BCUT2D eigenvalue weighted by atomic mass is 35.5. The van der Waals surface area contributed by atoms with Crippen molar-refractivity contribution in [2.45, 2.75) is 38.3 Å². The zero-order valence-corrected chi connectivity index (χ0v) is 14.4. The van der Waals surface area contributed by atoms with Gasteiger partial charge < -0.3 is 10.6 Å². The van der Waals surface area contributed by atoms with Crippen LogP contribution in [0.25, 0.3) is 11.5 Å². The molecule has 0 aromatic carbocycles. The molecular weight excluding hydrogens is 402 g/mol. The maximum absolute atomic E-state index is 12.8. The van der Waals surface area contributed by atoms with Crippen molar-refractivity contribution in [2.75, 3.05) is 10.6 Å². The van der Waals surface area contributed by atoms with Gasteiger partial charge in [0.25, 0.3) is 0 Å². The summed E-state index contributed by atoms with van der Waals surface area (Å²) in [7, 11) is 0. The second-order valence-electron chi connectivity index (χ2n) is 5.31. The third-order valence-corrected chi connectivity index (χ3v) is 3.32. The van der Waals surface area contributed by atoms with Crippen molar-refractivity contribution in [3.63, 3.8) is 0 Å². The van der Waals surface area contributed by atoms with Gasteiger partial charge in [-0.15, -0.1) is 0 Å². The molecule has 2 aromatic heterocycles. The monoisotopic (exact) mass is 416 g/mol. The van der Waals surface area contributed by atoms with Gasteiger partial charge in [0.2, 0.25) is 11.9 Å². The number of nitrogens with zero attached hydrogens (tertiary/aromatic N) is 4. The topological polar surface area (TPSA) is 75.6 Å². The summed E-state index contributed by atoms with van der Waals surface area (Å²) in [4.78, 5) is 14.7. The van der Waals surface area contributed by atoms with Crippen LogP contribution >= 0.6 is 11.6 Å². The fourth-order valence-electron chi connectivity index (χ4n) is 1.60. The Morgan fingerprint density at radius 3 is 1.81 bits per heavy atom. The number of alkyl halides is 6. The highest BCUT2D eigenvalue weighted by Crippen LogP contribution is 2.26. The standard InChI is InChI=1S/C14H13ClF6N6/c1-6(13(16,17)18)22-11-25-10(8-4-3-5-9(15)24-8)26-12(27-11)23-7(2)14(19,20)21/h3-7H,1-2H3,(H2,22,23,25,26,27)/t6-,7-/m1/s1/i4D,5D. The molecule has 0 aliphatic rings. The number of rotatable bonds is 5. The van der Waals surface area contributed by atoms with Gasteiger partial charge in [-0.1, -0.05) is 17.7 Å². The summed E-state index contributed by atoms with van der Waals surface area (Å²) in [6.45, 7) is 1.52. The minimum atomic E-state index is -4.69. The average molecular weight is 417 g/mol. The van der Waals surface area contributed by atoms with Gasteiger partial charge in [-0.3, -0.25) is 0 Å². The molecule has 2 atom stereocenters. The number of anilines is 2. The van der Waals surface area contributed by atoms with E-state index in [4.69, 9.17) is 14.3 Å². The van der Waals surface area contributed by atoms with Crippen LogP contribution in [0.4, 0.5) is 38.2 Å². The molecule has 0 aliphatic heterocycles. The molecule has 2 rings (SSSR count). The highest BCUT2D eigenvalue weighted by molar-refractivity contribution is 6.29. The van der Waals surface area contributed by atoms with Crippen molar-refractivity contribution >= 4 is 23.5 Å². The first kappa shape index (κ1) is 18.0. The zero-order valence-electron chi connectivity index (χ0n) is 15.7. The predicted octanol–water partition coefficient (Wildman–Crippen LogP) is 4.31. The molecule has 0 unspecified atom stereocenters. The lowest BCUT2D eigenvalue weighted by Gasteiger charge is -2.20. The Kier molecular flexibility index (Phi) is 5.14. The molecule has 2 heterocycles. The normalized spacial score (nSPS) is 15.6. The molecule has 2 N–H and O–H groups in total. The van der Waals surface area contributed by atoms with Gasteiger partial charge >= 0.3 is 12.4 Å². The largest absolute Gasteiger partial charge is 0.408 e. The molecule has 2 aromatic rings. The van der Waals surface area contributed by atoms with Crippen LogP contribution in [0.2, 0.25) is 5.15 Å². The molecule has 0 amide bonds. The van der Waals surface area contributed by atoms with Crippen LogP contribution in [0.5, 0.6) is 0 Å². The molecule has 0 fully saturated rings. The molecule has 0 saturated carbocycles. The summed E-state index contributed by atoms with van der Waals surface area (Å²) < 4.78 is 92.2. The fraction of sp³-hybridized carbons (Fsp3) is 0.429. The van der Waals surface area contributed by atoms with E-state index in [2.05, 4.69) is 19.9 Å². The molecule has 0 aliphatic carbocycles. The summed E-state index contributed by atoms with van der Waals surface area (Å²) in [5, 5.41) is 3.49. The Balaban J connectivity index is 2.54. The Morgan fingerprint density at radius 1 is 0.889 bits per heavy atom. The quantitative estimate of drug-likeness (QED) is 0.558. The summed E-state index contributed by atoms with van der Waals surface area (Å²) >= 11 is 5.72. The van der Waals surface area contributed by atoms with Crippen molar-refractivity contribution in [3.05, 3.63) is 23.3 Å².